The highest BCUT2D eigenvalue weighted by molar-refractivity contribution is 6.21. The molecule has 27 heavy (non-hydrogen) atoms. The van der Waals surface area contributed by atoms with E-state index in [4.69, 9.17) is 9.25 Å². The minimum atomic E-state index is -0.761. The lowest BCUT2D eigenvalue weighted by Crippen LogP contribution is -2.32. The van der Waals surface area contributed by atoms with Crippen molar-refractivity contribution in [2.24, 2.45) is 0 Å². The number of hydrogen-bond acceptors (Lipinski definition) is 5. The lowest BCUT2D eigenvalue weighted by atomic mass is 10.1. The summed E-state index contributed by atoms with van der Waals surface area (Å²) in [5, 5.41) is 0.519. The van der Waals surface area contributed by atoms with Gasteiger partial charge in [-0.2, -0.15) is 0 Å². The van der Waals surface area contributed by atoms with Gasteiger partial charge in [0.05, 0.1) is 29.5 Å². The first-order valence-electron chi connectivity index (χ1n) is 8.36. The molecule has 0 N–H and O–H groups in total. The average Bonchev–Trinajstić information content (AvgIpc) is 3.34. The second kappa shape index (κ2) is 6.28. The summed E-state index contributed by atoms with van der Waals surface area (Å²) in [6, 6.07) is 11.7. The zero-order valence-electron chi connectivity index (χ0n) is 14.8. The van der Waals surface area contributed by atoms with Crippen molar-refractivity contribution in [3.05, 3.63) is 82.6 Å². The molecular formula is C20H16N2O5. The molecule has 3 heterocycles. The summed E-state index contributed by atoms with van der Waals surface area (Å²) < 4.78 is 7.25. The van der Waals surface area contributed by atoms with E-state index in [1.807, 2.05) is 17.6 Å². The predicted octanol–water partition coefficient (Wildman–Crippen LogP) is 3.11. The fourth-order valence-electron chi connectivity index (χ4n) is 3.19. The van der Waals surface area contributed by atoms with Crippen LogP contribution >= 0.6 is 0 Å². The molecule has 2 amide bonds. The number of benzene rings is 1. The molecule has 3 aromatic rings. The summed E-state index contributed by atoms with van der Waals surface area (Å²) >= 11 is 0. The normalized spacial score (nSPS) is 13.2. The van der Waals surface area contributed by atoms with Gasteiger partial charge in [-0.25, -0.2) is 4.79 Å². The Hall–Kier alpha value is -3.61. The monoisotopic (exact) mass is 364 g/mol. The van der Waals surface area contributed by atoms with Gasteiger partial charge in [-0.15, -0.1) is 0 Å². The third-order valence-electron chi connectivity index (χ3n) is 4.62. The Morgan fingerprint density at radius 2 is 1.70 bits per heavy atom. The number of imide groups is 1. The van der Waals surface area contributed by atoms with Crippen LogP contribution in [0.25, 0.3) is 0 Å². The highest BCUT2D eigenvalue weighted by Gasteiger charge is 2.39. The maximum Gasteiger partial charge on any atom is 0.365 e. The largest absolute Gasteiger partial charge is 0.467 e. The van der Waals surface area contributed by atoms with Crippen molar-refractivity contribution in [2.75, 3.05) is 0 Å². The number of fused-ring (bicyclic) bond motifs is 1. The first-order valence-corrected chi connectivity index (χ1v) is 8.36. The molecule has 1 aliphatic rings. The predicted molar refractivity (Wildman–Crippen MR) is 94.1 cm³/mol. The van der Waals surface area contributed by atoms with E-state index in [0.29, 0.717) is 17.3 Å². The quantitative estimate of drug-likeness (QED) is 0.665. The van der Waals surface area contributed by atoms with Gasteiger partial charge in [0, 0.05) is 11.4 Å². The Bertz CT molecular complexity index is 1030. The molecule has 0 radical (unpaired) electrons. The van der Waals surface area contributed by atoms with Crippen molar-refractivity contribution in [3.63, 3.8) is 0 Å². The van der Waals surface area contributed by atoms with E-state index in [1.54, 1.807) is 37.5 Å². The van der Waals surface area contributed by atoms with Crippen molar-refractivity contribution in [1.29, 1.82) is 0 Å². The lowest BCUT2D eigenvalue weighted by Gasteiger charge is -2.13. The zero-order valence-corrected chi connectivity index (χ0v) is 14.8. The number of furan rings is 1. The summed E-state index contributed by atoms with van der Waals surface area (Å²) in [5.41, 5.74) is 2.22. The molecular weight excluding hydrogens is 348 g/mol. The van der Waals surface area contributed by atoms with Gasteiger partial charge in [-0.3, -0.25) is 9.59 Å². The van der Waals surface area contributed by atoms with Crippen LogP contribution in [0.5, 0.6) is 0 Å². The van der Waals surface area contributed by atoms with Gasteiger partial charge < -0.3 is 13.8 Å². The minimum Gasteiger partial charge on any atom is -0.467 e. The van der Waals surface area contributed by atoms with E-state index >= 15 is 0 Å². The highest BCUT2D eigenvalue weighted by Crippen LogP contribution is 2.25. The second-order valence-corrected chi connectivity index (χ2v) is 6.28. The second-order valence-electron chi connectivity index (χ2n) is 6.28. The number of hydroxylamine groups is 2. The maximum absolute atomic E-state index is 12.6. The van der Waals surface area contributed by atoms with Crippen molar-refractivity contribution in [3.8, 4) is 0 Å². The molecule has 1 aromatic carbocycles. The molecule has 7 heteroatoms. The summed E-state index contributed by atoms with van der Waals surface area (Å²) in [5.74, 6) is -1.30. The Kier molecular flexibility index (Phi) is 3.92. The molecule has 0 fully saturated rings. The third kappa shape index (κ3) is 2.73. The Morgan fingerprint density at radius 3 is 2.30 bits per heavy atom. The van der Waals surface area contributed by atoms with E-state index in [-0.39, 0.29) is 16.7 Å². The number of carbonyl (C=O) groups excluding carboxylic acids is 3. The number of aromatic nitrogens is 1. The van der Waals surface area contributed by atoms with Gasteiger partial charge in [0.2, 0.25) is 0 Å². The SMILES string of the molecule is Cc1cc(C(=O)ON2C(=O)c3ccccc3C2=O)c(C)n1Cc1ccco1. The molecule has 0 spiro atoms. The molecule has 4 rings (SSSR count). The summed E-state index contributed by atoms with van der Waals surface area (Å²) in [6.45, 7) is 4.09. The number of aryl methyl sites for hydroxylation is 1. The standard InChI is InChI=1S/C20H16N2O5/c1-12-10-17(13(2)21(12)11-14-6-5-9-26-14)20(25)27-22-18(23)15-7-3-4-8-16(15)19(22)24/h3-10H,11H2,1-2H3. The number of hydrogen-bond donors (Lipinski definition) is 0. The number of carbonyl (C=O) groups is 3. The number of rotatable bonds is 4. The van der Waals surface area contributed by atoms with Crippen LogP contribution in [0.4, 0.5) is 0 Å². The van der Waals surface area contributed by atoms with Gasteiger partial charge in [0.25, 0.3) is 11.8 Å². The van der Waals surface area contributed by atoms with Crippen molar-refractivity contribution >= 4 is 17.8 Å². The molecule has 0 bridgehead atoms. The summed E-state index contributed by atoms with van der Waals surface area (Å²) in [7, 11) is 0. The van der Waals surface area contributed by atoms with Crippen molar-refractivity contribution in [1.82, 2.24) is 9.63 Å². The van der Waals surface area contributed by atoms with E-state index in [9.17, 15) is 14.4 Å². The molecule has 136 valence electrons. The van der Waals surface area contributed by atoms with Crippen LogP contribution in [-0.2, 0) is 11.4 Å². The first kappa shape index (κ1) is 16.8. The van der Waals surface area contributed by atoms with Crippen molar-refractivity contribution < 1.29 is 23.6 Å². The van der Waals surface area contributed by atoms with Gasteiger partial charge in [0.15, 0.2) is 0 Å². The molecule has 0 atom stereocenters. The topological polar surface area (TPSA) is 81.8 Å². The summed E-state index contributed by atoms with van der Waals surface area (Å²) in [4.78, 5) is 42.5. The Balaban J connectivity index is 1.58. The average molecular weight is 364 g/mol. The van der Waals surface area contributed by atoms with Crippen LogP contribution < -0.4 is 0 Å². The Labute approximate surface area is 154 Å². The molecule has 7 nitrogen and oxygen atoms in total. The lowest BCUT2D eigenvalue weighted by molar-refractivity contribution is -0.0585. The fourth-order valence-corrected chi connectivity index (χ4v) is 3.19. The van der Waals surface area contributed by atoms with Crippen LogP contribution in [0.15, 0.2) is 53.1 Å². The van der Waals surface area contributed by atoms with E-state index in [0.717, 1.165) is 11.5 Å². The molecule has 0 aliphatic carbocycles. The minimum absolute atomic E-state index is 0.221. The van der Waals surface area contributed by atoms with E-state index in [2.05, 4.69) is 0 Å². The zero-order chi connectivity index (χ0) is 19.1. The Morgan fingerprint density at radius 1 is 1.04 bits per heavy atom. The van der Waals surface area contributed by atoms with Crippen LogP contribution in [0, 0.1) is 13.8 Å². The van der Waals surface area contributed by atoms with Gasteiger partial charge in [0.1, 0.15) is 5.76 Å². The molecule has 0 saturated carbocycles. The van der Waals surface area contributed by atoms with E-state index < -0.39 is 17.8 Å². The van der Waals surface area contributed by atoms with Crippen molar-refractivity contribution in [2.45, 2.75) is 20.4 Å². The van der Waals surface area contributed by atoms with Gasteiger partial charge in [-0.1, -0.05) is 17.2 Å². The van der Waals surface area contributed by atoms with E-state index in [1.165, 1.54) is 12.1 Å². The fraction of sp³-hybridized carbons (Fsp3) is 0.150. The maximum atomic E-state index is 12.6. The van der Waals surface area contributed by atoms with Crippen LogP contribution in [-0.4, -0.2) is 27.4 Å². The third-order valence-corrected chi connectivity index (χ3v) is 4.62. The van der Waals surface area contributed by atoms with Crippen LogP contribution in [0.2, 0.25) is 0 Å². The van der Waals surface area contributed by atoms with Crippen LogP contribution in [0.3, 0.4) is 0 Å². The van der Waals surface area contributed by atoms with Gasteiger partial charge >= 0.3 is 5.97 Å². The summed E-state index contributed by atoms with van der Waals surface area (Å²) in [6.07, 6.45) is 1.58. The van der Waals surface area contributed by atoms with Crippen LogP contribution in [0.1, 0.15) is 48.2 Å². The molecule has 2 aromatic heterocycles. The molecule has 0 saturated heterocycles. The van der Waals surface area contributed by atoms with Gasteiger partial charge in [-0.05, 0) is 44.2 Å². The highest BCUT2D eigenvalue weighted by atomic mass is 16.7. The smallest absolute Gasteiger partial charge is 0.365 e. The molecule has 0 unspecified atom stereocenters. The molecule has 1 aliphatic heterocycles. The number of amides is 2. The first-order chi connectivity index (χ1) is 13.0. The number of nitrogens with zero attached hydrogens (tertiary/aromatic N) is 2.